The number of carbonyl (C=O) groups is 1. The summed E-state index contributed by atoms with van der Waals surface area (Å²) in [5, 5.41) is 54.4. The molecule has 0 aromatic heterocycles. The van der Waals surface area contributed by atoms with Crippen LogP contribution in [0.2, 0.25) is 0 Å². The zero-order valence-corrected chi connectivity index (χ0v) is 41.7. The molecule has 7 atom stereocenters. The van der Waals surface area contributed by atoms with Crippen molar-refractivity contribution in [3.63, 3.8) is 0 Å². The van der Waals surface area contributed by atoms with E-state index in [1.54, 1.807) is 6.08 Å². The van der Waals surface area contributed by atoms with Gasteiger partial charge in [-0.2, -0.15) is 0 Å². The molecule has 7 unspecified atom stereocenters. The molecule has 0 saturated carbocycles. The molecule has 1 saturated heterocycles. The summed E-state index contributed by atoms with van der Waals surface area (Å²) in [7, 11) is 0. The number of hydrogen-bond donors (Lipinski definition) is 6. The van der Waals surface area contributed by atoms with E-state index in [1.807, 2.05) is 6.08 Å². The molecule has 0 bridgehead atoms. The fourth-order valence-corrected chi connectivity index (χ4v) is 7.70. The van der Waals surface area contributed by atoms with Crippen molar-refractivity contribution in [3.05, 3.63) is 97.2 Å². The molecular weight excluding hydrogens is 827 g/mol. The Bertz CT molecular complexity index is 1350. The second-order valence-electron chi connectivity index (χ2n) is 17.9. The third-order valence-corrected chi connectivity index (χ3v) is 11.9. The van der Waals surface area contributed by atoms with Crippen LogP contribution in [-0.4, -0.2) is 87.5 Å². The van der Waals surface area contributed by atoms with Gasteiger partial charge in [0.25, 0.3) is 0 Å². The van der Waals surface area contributed by atoms with Crippen molar-refractivity contribution in [1.29, 1.82) is 0 Å². The van der Waals surface area contributed by atoms with Gasteiger partial charge in [0.1, 0.15) is 24.4 Å². The van der Waals surface area contributed by atoms with Crippen LogP contribution in [0.4, 0.5) is 0 Å². The number of ether oxygens (including phenoxy) is 2. The van der Waals surface area contributed by atoms with Gasteiger partial charge in [0.15, 0.2) is 6.29 Å². The standard InChI is InChI=1S/C57H97NO8/c1-3-5-7-9-11-13-15-17-19-21-23-24-25-26-27-28-29-31-33-35-37-39-41-43-45-47-53(61)58-50(49-65-57-56(64)55(63)54(62)52(48-59)66-57)51(60)46-44-42-40-38-36-34-32-30-22-20-18-16-14-12-10-8-6-4-2/h5,7,11,13,17,19,23-24,26-27,29,31,36,38,44,46,50-52,54-57,59-60,62-64H,3-4,6,8-10,12,14-16,18,20-22,25,28,30,32-35,37,39-43,45,47-49H2,1-2H3,(H,58,61)/b7-5-,13-11-,19-17-,24-23-,27-26-,31-29-,38-36+,46-44+. The highest BCUT2D eigenvalue weighted by molar-refractivity contribution is 5.76. The predicted octanol–water partition coefficient (Wildman–Crippen LogP) is 12.5. The van der Waals surface area contributed by atoms with Crippen molar-refractivity contribution in [3.8, 4) is 0 Å². The first-order valence-electron chi connectivity index (χ1n) is 26.5. The lowest BCUT2D eigenvalue weighted by molar-refractivity contribution is -0.302. The second kappa shape index (κ2) is 45.9. The first kappa shape index (κ1) is 61.1. The SMILES string of the molecule is CC/C=C\C/C=C\C/C=C\C/C=C\C/C=C\C/C=C\CCCCCCCCC(=O)NC(COC1OC(CO)C(O)C(O)C1O)C(O)/C=C/CC/C=C/CCCCCCCCCCCCCC. The smallest absolute Gasteiger partial charge is 0.220 e. The van der Waals surface area contributed by atoms with E-state index in [-0.39, 0.29) is 12.5 Å². The van der Waals surface area contributed by atoms with Gasteiger partial charge >= 0.3 is 0 Å². The third-order valence-electron chi connectivity index (χ3n) is 11.9. The van der Waals surface area contributed by atoms with Crippen LogP contribution in [0.15, 0.2) is 97.2 Å². The molecule has 9 heteroatoms. The quantitative estimate of drug-likeness (QED) is 0.0262. The summed E-state index contributed by atoms with van der Waals surface area (Å²) < 4.78 is 11.2. The summed E-state index contributed by atoms with van der Waals surface area (Å²) in [6, 6.07) is -0.837. The average molecular weight is 924 g/mol. The monoisotopic (exact) mass is 924 g/mol. The zero-order chi connectivity index (χ0) is 48.0. The number of amides is 1. The minimum Gasteiger partial charge on any atom is -0.394 e. The van der Waals surface area contributed by atoms with E-state index >= 15 is 0 Å². The normalized spacial score (nSPS) is 20.6. The Morgan fingerprint density at radius 3 is 1.45 bits per heavy atom. The number of carbonyl (C=O) groups excluding carboxylic acids is 1. The molecule has 0 aliphatic carbocycles. The highest BCUT2D eigenvalue weighted by Gasteiger charge is 2.44. The highest BCUT2D eigenvalue weighted by Crippen LogP contribution is 2.22. The Hall–Kier alpha value is -2.89. The number of nitrogens with one attached hydrogen (secondary N) is 1. The number of allylic oxidation sites excluding steroid dienone is 15. The van der Waals surface area contributed by atoms with E-state index in [2.05, 4.69) is 104 Å². The largest absolute Gasteiger partial charge is 0.394 e. The van der Waals surface area contributed by atoms with Gasteiger partial charge in [-0.15, -0.1) is 0 Å². The molecule has 0 aromatic rings. The minimum absolute atomic E-state index is 0.205. The first-order chi connectivity index (χ1) is 32.3. The third kappa shape index (κ3) is 35.3. The van der Waals surface area contributed by atoms with Crippen molar-refractivity contribution in [2.75, 3.05) is 13.2 Å². The van der Waals surface area contributed by atoms with Crippen molar-refractivity contribution in [2.24, 2.45) is 0 Å². The average Bonchev–Trinajstić information content (AvgIpc) is 3.32. The lowest BCUT2D eigenvalue weighted by atomic mass is 9.99. The van der Waals surface area contributed by atoms with Crippen LogP contribution in [0.1, 0.15) is 200 Å². The number of unbranched alkanes of at least 4 members (excludes halogenated alkanes) is 19. The van der Waals surface area contributed by atoms with E-state index in [4.69, 9.17) is 9.47 Å². The molecule has 1 rings (SSSR count). The van der Waals surface area contributed by atoms with Crippen LogP contribution in [0.25, 0.3) is 0 Å². The van der Waals surface area contributed by atoms with Gasteiger partial charge in [-0.05, 0) is 83.5 Å². The summed E-state index contributed by atoms with van der Waals surface area (Å²) >= 11 is 0. The summed E-state index contributed by atoms with van der Waals surface area (Å²) in [4.78, 5) is 13.0. The first-order valence-corrected chi connectivity index (χ1v) is 26.5. The molecule has 1 amide bonds. The molecule has 0 spiro atoms. The van der Waals surface area contributed by atoms with Crippen LogP contribution in [0, 0.1) is 0 Å². The second-order valence-corrected chi connectivity index (χ2v) is 17.9. The Morgan fingerprint density at radius 1 is 0.530 bits per heavy atom. The van der Waals surface area contributed by atoms with Crippen molar-refractivity contribution in [2.45, 2.75) is 243 Å². The van der Waals surface area contributed by atoms with E-state index in [9.17, 15) is 30.3 Å². The zero-order valence-electron chi connectivity index (χ0n) is 41.7. The molecule has 1 fully saturated rings. The molecule has 1 aliphatic rings. The Morgan fingerprint density at radius 2 is 0.955 bits per heavy atom. The molecule has 9 nitrogen and oxygen atoms in total. The molecule has 378 valence electrons. The Labute approximate surface area is 403 Å². The number of hydrogen-bond acceptors (Lipinski definition) is 8. The Balaban J connectivity index is 2.33. The summed E-state index contributed by atoms with van der Waals surface area (Å²) in [6.45, 7) is 3.63. The van der Waals surface area contributed by atoms with Crippen molar-refractivity contribution < 1.29 is 39.8 Å². The van der Waals surface area contributed by atoms with Crippen molar-refractivity contribution in [1.82, 2.24) is 5.32 Å². The van der Waals surface area contributed by atoms with Gasteiger partial charge in [0.2, 0.25) is 5.91 Å². The van der Waals surface area contributed by atoms with Crippen molar-refractivity contribution >= 4 is 5.91 Å². The fraction of sp³-hybridized carbons (Fsp3) is 0.702. The molecule has 0 radical (unpaired) electrons. The van der Waals surface area contributed by atoms with E-state index in [0.717, 1.165) is 103 Å². The lowest BCUT2D eigenvalue weighted by Crippen LogP contribution is -2.60. The maximum atomic E-state index is 13.0. The van der Waals surface area contributed by atoms with Gasteiger partial charge in [-0.25, -0.2) is 0 Å². The summed E-state index contributed by atoms with van der Waals surface area (Å²) in [5.41, 5.74) is 0. The summed E-state index contributed by atoms with van der Waals surface area (Å²) in [5.74, 6) is -0.205. The van der Waals surface area contributed by atoms with Crippen LogP contribution in [0.3, 0.4) is 0 Å². The highest BCUT2D eigenvalue weighted by atomic mass is 16.7. The molecule has 6 N–H and O–H groups in total. The van der Waals surface area contributed by atoms with E-state index in [1.165, 1.54) is 77.0 Å². The molecule has 1 aliphatic heterocycles. The number of aliphatic hydroxyl groups is 5. The molecule has 1 heterocycles. The van der Waals surface area contributed by atoms with Gasteiger partial charge < -0.3 is 40.3 Å². The maximum Gasteiger partial charge on any atom is 0.220 e. The summed E-state index contributed by atoms with van der Waals surface area (Å²) in [6.07, 6.45) is 58.8. The predicted molar refractivity (Wildman–Crippen MR) is 276 cm³/mol. The van der Waals surface area contributed by atoms with Crippen LogP contribution in [0.5, 0.6) is 0 Å². The van der Waals surface area contributed by atoms with Gasteiger partial charge in [0, 0.05) is 6.42 Å². The van der Waals surface area contributed by atoms with E-state index < -0.39 is 49.5 Å². The fourth-order valence-electron chi connectivity index (χ4n) is 7.70. The Kier molecular flexibility index (Phi) is 42.5. The molecule has 0 aromatic carbocycles. The number of rotatable bonds is 43. The van der Waals surface area contributed by atoms with Gasteiger partial charge in [0.05, 0.1) is 25.4 Å². The number of aliphatic hydroxyl groups excluding tert-OH is 5. The molecular formula is C57H97NO8. The van der Waals surface area contributed by atoms with Crippen LogP contribution < -0.4 is 5.32 Å². The molecule has 66 heavy (non-hydrogen) atoms. The minimum atomic E-state index is -1.58. The van der Waals surface area contributed by atoms with E-state index in [0.29, 0.717) is 6.42 Å². The lowest BCUT2D eigenvalue weighted by Gasteiger charge is -2.40. The van der Waals surface area contributed by atoms with Gasteiger partial charge in [-0.3, -0.25) is 4.79 Å². The van der Waals surface area contributed by atoms with Crippen LogP contribution in [-0.2, 0) is 14.3 Å². The van der Waals surface area contributed by atoms with Gasteiger partial charge in [-0.1, -0.05) is 207 Å². The topological polar surface area (TPSA) is 149 Å². The van der Waals surface area contributed by atoms with Crippen LogP contribution >= 0.6 is 0 Å². The maximum absolute atomic E-state index is 13.0.